The molecule has 0 unspecified atom stereocenters. The van der Waals surface area contributed by atoms with Gasteiger partial charge in [-0.3, -0.25) is 0 Å². The number of esters is 1. The number of ether oxygens (including phenoxy) is 3. The molecule has 1 N–H and O–H groups in total. The number of rotatable bonds is 5. The number of nitrogens with one attached hydrogen (secondary N) is 1. The molecule has 14 heteroatoms. The Balaban J connectivity index is 1.75. The van der Waals surface area contributed by atoms with E-state index < -0.39 is 50.4 Å². The molecule has 2 aliphatic heterocycles. The predicted molar refractivity (Wildman–Crippen MR) is 121 cm³/mol. The van der Waals surface area contributed by atoms with Gasteiger partial charge in [-0.2, -0.15) is 21.6 Å². The summed E-state index contributed by atoms with van der Waals surface area (Å²) in [6.45, 7) is 9.46. The van der Waals surface area contributed by atoms with Crippen LogP contribution in [-0.4, -0.2) is 61.9 Å². The van der Waals surface area contributed by atoms with Crippen LogP contribution in [0, 0.1) is 5.92 Å². The summed E-state index contributed by atoms with van der Waals surface area (Å²) in [5.41, 5.74) is -6.70. The van der Waals surface area contributed by atoms with E-state index in [4.69, 9.17) is 14.2 Å². The Morgan fingerprint density at radius 2 is 1.78 bits per heavy atom. The second-order valence-corrected chi connectivity index (χ2v) is 11.6. The largest absolute Gasteiger partial charge is 0.534 e. The van der Waals surface area contributed by atoms with Crippen LogP contribution in [0.4, 0.5) is 23.7 Å². The number of carbonyl (C=O) groups is 2. The van der Waals surface area contributed by atoms with E-state index in [1.165, 1.54) is 19.9 Å². The fraction of sp³-hybridized carbons (Fsp3) is 0.636. The van der Waals surface area contributed by atoms with Crippen molar-refractivity contribution in [1.82, 2.24) is 4.90 Å². The van der Waals surface area contributed by atoms with Gasteiger partial charge in [-0.15, -0.1) is 0 Å². The van der Waals surface area contributed by atoms with Crippen LogP contribution in [0.5, 0.6) is 11.5 Å². The number of halogens is 3. The normalized spacial score (nSPS) is 18.6. The molecule has 1 amide bonds. The summed E-state index contributed by atoms with van der Waals surface area (Å²) < 4.78 is 82.3. The van der Waals surface area contributed by atoms with Gasteiger partial charge in [-0.1, -0.05) is 0 Å². The molecule has 2 aliphatic rings. The van der Waals surface area contributed by atoms with Crippen LogP contribution in [0.25, 0.3) is 0 Å². The Morgan fingerprint density at radius 1 is 1.17 bits per heavy atom. The molecule has 202 valence electrons. The zero-order valence-corrected chi connectivity index (χ0v) is 21.3. The van der Waals surface area contributed by atoms with Crippen molar-refractivity contribution in [1.29, 1.82) is 0 Å². The third-order valence-corrected chi connectivity index (χ3v) is 6.27. The van der Waals surface area contributed by atoms with Crippen molar-refractivity contribution in [3.8, 4) is 11.5 Å². The first kappa shape index (κ1) is 27.7. The van der Waals surface area contributed by atoms with E-state index in [2.05, 4.69) is 9.50 Å². The highest BCUT2D eigenvalue weighted by atomic mass is 32.2. The zero-order chi connectivity index (χ0) is 27.1. The zero-order valence-electron chi connectivity index (χ0n) is 20.5. The molecule has 2 heterocycles. The predicted octanol–water partition coefficient (Wildman–Crippen LogP) is 4.26. The molecule has 0 bridgehead atoms. The number of anilines is 1. The molecule has 0 aromatic heterocycles. The minimum Gasteiger partial charge on any atom is -0.452 e. The average Bonchev–Trinajstić information content (AvgIpc) is 2.68. The number of alkyl halides is 3. The highest BCUT2D eigenvalue weighted by Crippen LogP contribution is 2.41. The molecule has 1 saturated heterocycles. The summed E-state index contributed by atoms with van der Waals surface area (Å²) in [5.74, 6) is -3.47. The van der Waals surface area contributed by atoms with E-state index >= 15 is 0 Å². The molecule has 3 rings (SSSR count). The van der Waals surface area contributed by atoms with E-state index in [1.807, 2.05) is 0 Å². The maximum Gasteiger partial charge on any atom is 0.534 e. The Morgan fingerprint density at radius 3 is 2.33 bits per heavy atom. The number of benzene rings is 1. The number of nitrogens with zero attached hydrogens (tertiary/aromatic N) is 1. The molecule has 36 heavy (non-hydrogen) atoms. The van der Waals surface area contributed by atoms with Crippen molar-refractivity contribution >= 4 is 27.9 Å². The molecule has 1 aromatic rings. The maximum atomic E-state index is 12.9. The fourth-order valence-corrected chi connectivity index (χ4v) is 4.14. The number of hydrogen-bond donors (Lipinski definition) is 1. The van der Waals surface area contributed by atoms with E-state index in [0.29, 0.717) is 32.5 Å². The molecule has 10 nitrogen and oxygen atoms in total. The van der Waals surface area contributed by atoms with Crippen LogP contribution >= 0.6 is 0 Å². The minimum atomic E-state index is -6.06. The van der Waals surface area contributed by atoms with Gasteiger partial charge in [0.1, 0.15) is 16.9 Å². The van der Waals surface area contributed by atoms with Gasteiger partial charge in [-0.05, 0) is 39.5 Å². The van der Waals surface area contributed by atoms with Crippen molar-refractivity contribution in [2.75, 3.05) is 25.0 Å². The second kappa shape index (κ2) is 9.52. The van der Waals surface area contributed by atoms with Crippen molar-refractivity contribution in [2.45, 2.75) is 64.4 Å². The van der Waals surface area contributed by atoms with Crippen molar-refractivity contribution in [2.24, 2.45) is 5.92 Å². The fourth-order valence-electron chi connectivity index (χ4n) is 3.67. The van der Waals surface area contributed by atoms with E-state index in [1.54, 1.807) is 25.7 Å². The lowest BCUT2D eigenvalue weighted by Gasteiger charge is -2.34. The van der Waals surface area contributed by atoms with E-state index in [0.717, 1.165) is 6.07 Å². The van der Waals surface area contributed by atoms with Gasteiger partial charge in [0, 0.05) is 51.3 Å². The quantitative estimate of drug-likeness (QED) is 0.333. The van der Waals surface area contributed by atoms with Crippen LogP contribution in [0.15, 0.2) is 12.1 Å². The lowest BCUT2D eigenvalue weighted by Crippen LogP contribution is -2.42. The number of carbonyl (C=O) groups excluding carboxylic acids is 2. The molecular weight excluding hydrogens is 509 g/mol. The van der Waals surface area contributed by atoms with Gasteiger partial charge in [0.25, 0.3) is 0 Å². The summed E-state index contributed by atoms with van der Waals surface area (Å²) in [6, 6.07) is 2.33. The van der Waals surface area contributed by atoms with E-state index in [-0.39, 0.29) is 17.4 Å². The number of hydrogen-bond acceptors (Lipinski definition) is 9. The first-order chi connectivity index (χ1) is 16.4. The first-order valence-corrected chi connectivity index (χ1v) is 12.6. The Labute approximate surface area is 207 Å². The maximum absolute atomic E-state index is 12.9. The highest BCUT2D eigenvalue weighted by molar-refractivity contribution is 7.88. The van der Waals surface area contributed by atoms with Gasteiger partial charge >= 0.3 is 27.7 Å². The summed E-state index contributed by atoms with van der Waals surface area (Å²) in [5, 5.41) is 3.03. The van der Waals surface area contributed by atoms with Crippen molar-refractivity contribution in [3.05, 3.63) is 17.7 Å². The number of piperidine rings is 1. The van der Waals surface area contributed by atoms with E-state index in [9.17, 15) is 31.2 Å². The van der Waals surface area contributed by atoms with Crippen molar-refractivity contribution < 1.29 is 49.6 Å². The Kier molecular flexibility index (Phi) is 7.32. The number of fused-ring (bicyclic) bond motifs is 1. The third-order valence-electron chi connectivity index (χ3n) is 5.31. The Hall–Kier alpha value is -2.90. The minimum absolute atomic E-state index is 0.102. The monoisotopic (exact) mass is 538 g/mol. The summed E-state index contributed by atoms with van der Waals surface area (Å²) in [7, 11) is -6.06. The number of cyclic esters (lactones) is 1. The third kappa shape index (κ3) is 6.65. The summed E-state index contributed by atoms with van der Waals surface area (Å²) in [4.78, 5) is 26.3. The topological polar surface area (TPSA) is 120 Å². The molecule has 1 aromatic carbocycles. The molecule has 0 radical (unpaired) electrons. The van der Waals surface area contributed by atoms with Crippen LogP contribution in [-0.2, 0) is 19.6 Å². The summed E-state index contributed by atoms with van der Waals surface area (Å²) in [6.07, 6.45) is 0.875. The second-order valence-electron chi connectivity index (χ2n) is 10.0. The molecule has 0 aliphatic carbocycles. The van der Waals surface area contributed by atoms with Gasteiger partial charge in [0.2, 0.25) is 5.79 Å². The van der Waals surface area contributed by atoms with Crippen LogP contribution < -0.4 is 14.2 Å². The van der Waals surface area contributed by atoms with Crippen molar-refractivity contribution in [3.63, 3.8) is 0 Å². The lowest BCUT2D eigenvalue weighted by molar-refractivity contribution is -0.127. The highest BCUT2D eigenvalue weighted by Gasteiger charge is 2.50. The van der Waals surface area contributed by atoms with Crippen LogP contribution in [0.2, 0.25) is 0 Å². The van der Waals surface area contributed by atoms with Crippen LogP contribution in [0.3, 0.4) is 0 Å². The van der Waals surface area contributed by atoms with Gasteiger partial charge in [-0.25, -0.2) is 9.59 Å². The molecular formula is C22H29F3N2O8S. The summed E-state index contributed by atoms with van der Waals surface area (Å²) >= 11 is 0. The Bertz CT molecular complexity index is 1120. The smallest absolute Gasteiger partial charge is 0.452 e. The van der Waals surface area contributed by atoms with Gasteiger partial charge < -0.3 is 28.6 Å². The van der Waals surface area contributed by atoms with Gasteiger partial charge in [0.05, 0.1) is 0 Å². The van der Waals surface area contributed by atoms with Crippen LogP contribution in [0.1, 0.15) is 57.8 Å². The first-order valence-electron chi connectivity index (χ1n) is 11.2. The molecule has 0 spiro atoms. The molecule has 1 fully saturated rings. The SMILES string of the molecule is CC(C)(C)OC(=O)N1CCC(CNc2cc3c(c(OS(=O)(=O)C(F)(F)F)c2)C(=O)OC(C)(C)O3)CC1. The average molecular weight is 539 g/mol. The number of likely N-dealkylation sites (tertiary alicyclic amines) is 1. The standard InChI is InChI=1S/C22H29F3N2O8S/c1-20(2,3)34-19(29)27-8-6-13(7-9-27)12-26-14-10-15-17(18(28)33-21(4,5)32-15)16(11-14)35-36(30,31)22(23,24)25/h10-11,13,26H,6-9,12H2,1-5H3. The lowest BCUT2D eigenvalue weighted by atomic mass is 9.97. The molecule has 0 atom stereocenters. The van der Waals surface area contributed by atoms with Gasteiger partial charge in [0.15, 0.2) is 5.75 Å². The number of amides is 1. The molecule has 0 saturated carbocycles.